The lowest BCUT2D eigenvalue weighted by molar-refractivity contribution is 0.340. The Labute approximate surface area is 124 Å². The third-order valence-electron chi connectivity index (χ3n) is 2.42. The Kier molecular flexibility index (Phi) is 4.60. The van der Waals surface area contributed by atoms with Gasteiger partial charge in [-0.25, -0.2) is 0 Å². The van der Waals surface area contributed by atoms with Gasteiger partial charge in [0.25, 0.3) is 0 Å². The van der Waals surface area contributed by atoms with Gasteiger partial charge in [-0.3, -0.25) is 0 Å². The average Bonchev–Trinajstić information content (AvgIpc) is 2.86. The molecule has 0 fully saturated rings. The van der Waals surface area contributed by atoms with Crippen molar-refractivity contribution in [2.24, 2.45) is 0 Å². The highest BCUT2D eigenvalue weighted by Crippen LogP contribution is 2.40. The van der Waals surface area contributed by atoms with Crippen LogP contribution < -0.4 is 4.74 Å². The van der Waals surface area contributed by atoms with E-state index >= 15 is 0 Å². The first-order valence-electron chi connectivity index (χ1n) is 5.42. The summed E-state index contributed by atoms with van der Waals surface area (Å²) in [6.07, 6.45) is 1.62. The molecule has 0 bridgehead atoms. The topological polar surface area (TPSA) is 22.4 Å². The summed E-state index contributed by atoms with van der Waals surface area (Å²) >= 11 is 15.9. The van der Waals surface area contributed by atoms with Gasteiger partial charge in [0.1, 0.15) is 11.5 Å². The van der Waals surface area contributed by atoms with Gasteiger partial charge < -0.3 is 9.15 Å². The molecule has 0 spiro atoms. The van der Waals surface area contributed by atoms with Gasteiger partial charge in [0.2, 0.25) is 0 Å². The average molecular weight is 350 g/mol. The minimum absolute atomic E-state index is 0.131. The monoisotopic (exact) mass is 348 g/mol. The number of benzene rings is 1. The maximum atomic E-state index is 6.24. The van der Waals surface area contributed by atoms with Gasteiger partial charge in [-0.1, -0.05) is 39.1 Å². The van der Waals surface area contributed by atoms with Crippen LogP contribution in [0.3, 0.4) is 0 Å². The van der Waals surface area contributed by atoms with Crippen molar-refractivity contribution in [2.45, 2.75) is 11.8 Å². The number of hydrogen-bond donors (Lipinski definition) is 0. The Morgan fingerprint density at radius 1 is 1.33 bits per heavy atom. The molecule has 0 amide bonds. The highest BCUT2D eigenvalue weighted by atomic mass is 79.9. The van der Waals surface area contributed by atoms with E-state index in [2.05, 4.69) is 15.9 Å². The van der Waals surface area contributed by atoms with Crippen molar-refractivity contribution in [3.63, 3.8) is 0 Å². The maximum absolute atomic E-state index is 6.24. The van der Waals surface area contributed by atoms with Crippen LogP contribution in [0.1, 0.15) is 23.1 Å². The zero-order chi connectivity index (χ0) is 13.1. The van der Waals surface area contributed by atoms with Crippen LogP contribution in [0, 0.1) is 0 Å². The van der Waals surface area contributed by atoms with E-state index in [1.165, 1.54) is 0 Å². The first-order valence-corrected chi connectivity index (χ1v) is 7.09. The molecule has 1 unspecified atom stereocenters. The number of hydrogen-bond acceptors (Lipinski definition) is 2. The second kappa shape index (κ2) is 6.00. The van der Waals surface area contributed by atoms with Crippen molar-refractivity contribution in [3.8, 4) is 5.75 Å². The lowest BCUT2D eigenvalue weighted by Crippen LogP contribution is -1.96. The smallest absolute Gasteiger partial charge is 0.139 e. The summed E-state index contributed by atoms with van der Waals surface area (Å²) in [5.41, 5.74) is 0.847. The summed E-state index contributed by atoms with van der Waals surface area (Å²) in [5.74, 6) is 1.36. The Bertz CT molecular complexity index is 526. The Balaban J connectivity index is 2.37. The fourth-order valence-electron chi connectivity index (χ4n) is 1.59. The predicted octanol–water partition coefficient (Wildman–Crippen LogP) is 5.47. The molecule has 96 valence electrons. The van der Waals surface area contributed by atoms with Gasteiger partial charge in [0.15, 0.2) is 0 Å². The number of furan rings is 1. The van der Waals surface area contributed by atoms with Gasteiger partial charge in [-0.15, -0.1) is 0 Å². The van der Waals surface area contributed by atoms with Crippen LogP contribution >= 0.6 is 39.1 Å². The minimum Gasteiger partial charge on any atom is -0.492 e. The molecular weight excluding hydrogens is 339 g/mol. The van der Waals surface area contributed by atoms with Gasteiger partial charge in [-0.2, -0.15) is 0 Å². The molecule has 0 aliphatic rings. The van der Waals surface area contributed by atoms with Crippen LogP contribution in [0.15, 0.2) is 34.9 Å². The molecule has 0 N–H and O–H groups in total. The van der Waals surface area contributed by atoms with E-state index in [1.807, 2.05) is 19.1 Å². The number of rotatable bonds is 4. The second-order valence-corrected chi connectivity index (χ2v) is 5.35. The van der Waals surface area contributed by atoms with Crippen LogP contribution in [0.4, 0.5) is 0 Å². The normalized spacial score (nSPS) is 12.4. The van der Waals surface area contributed by atoms with Crippen LogP contribution in [-0.4, -0.2) is 6.61 Å². The summed E-state index contributed by atoms with van der Waals surface area (Å²) < 4.78 is 10.7. The van der Waals surface area contributed by atoms with Crippen LogP contribution in [0.25, 0.3) is 0 Å². The quantitative estimate of drug-likeness (QED) is 0.683. The maximum Gasteiger partial charge on any atom is 0.139 e. The lowest BCUT2D eigenvalue weighted by Gasteiger charge is -2.13. The van der Waals surface area contributed by atoms with E-state index in [9.17, 15) is 0 Å². The summed E-state index contributed by atoms with van der Waals surface area (Å²) in [6, 6.07) is 7.21. The predicted molar refractivity (Wildman–Crippen MR) is 77.1 cm³/mol. The van der Waals surface area contributed by atoms with E-state index in [0.29, 0.717) is 22.4 Å². The summed E-state index contributed by atoms with van der Waals surface area (Å²) in [5, 5.41) is 1.12. The summed E-state index contributed by atoms with van der Waals surface area (Å²) in [4.78, 5) is -0.131. The van der Waals surface area contributed by atoms with Crippen molar-refractivity contribution in [1.29, 1.82) is 0 Å². The van der Waals surface area contributed by atoms with Crippen molar-refractivity contribution in [3.05, 3.63) is 51.9 Å². The number of alkyl halides is 1. The molecule has 1 aromatic heterocycles. The fraction of sp³-hybridized carbons (Fsp3) is 0.231. The molecular formula is C13H11BrCl2O2. The summed E-state index contributed by atoms with van der Waals surface area (Å²) in [7, 11) is 0. The molecule has 1 aromatic carbocycles. The van der Waals surface area contributed by atoms with Gasteiger partial charge in [0.05, 0.1) is 22.7 Å². The van der Waals surface area contributed by atoms with E-state index in [4.69, 9.17) is 32.4 Å². The van der Waals surface area contributed by atoms with E-state index in [-0.39, 0.29) is 4.83 Å². The van der Waals surface area contributed by atoms with E-state index in [1.54, 1.807) is 18.4 Å². The molecule has 0 radical (unpaired) electrons. The van der Waals surface area contributed by atoms with Crippen LogP contribution in [0.5, 0.6) is 5.75 Å². The highest BCUT2D eigenvalue weighted by molar-refractivity contribution is 9.09. The number of ether oxygens (including phenoxy) is 1. The molecule has 0 saturated heterocycles. The van der Waals surface area contributed by atoms with Crippen molar-refractivity contribution < 1.29 is 9.15 Å². The lowest BCUT2D eigenvalue weighted by atomic mass is 10.1. The third kappa shape index (κ3) is 2.85. The SMILES string of the molecule is CCOc1cc(Cl)c(C(Br)c2ccco2)cc1Cl. The molecule has 5 heteroatoms. The third-order valence-corrected chi connectivity index (χ3v) is 3.98. The van der Waals surface area contributed by atoms with Crippen LogP contribution in [0.2, 0.25) is 10.0 Å². The second-order valence-electron chi connectivity index (χ2n) is 3.62. The first-order chi connectivity index (χ1) is 8.63. The summed E-state index contributed by atoms with van der Waals surface area (Å²) in [6.45, 7) is 2.44. The minimum atomic E-state index is -0.131. The molecule has 1 atom stereocenters. The van der Waals surface area contributed by atoms with Crippen LogP contribution in [-0.2, 0) is 0 Å². The largest absolute Gasteiger partial charge is 0.492 e. The molecule has 0 aliphatic heterocycles. The molecule has 2 nitrogen and oxygen atoms in total. The van der Waals surface area contributed by atoms with Gasteiger partial charge >= 0.3 is 0 Å². The van der Waals surface area contributed by atoms with Crippen molar-refractivity contribution in [2.75, 3.05) is 6.61 Å². The molecule has 2 aromatic rings. The zero-order valence-electron chi connectivity index (χ0n) is 9.62. The molecule has 0 saturated carbocycles. The first kappa shape index (κ1) is 13.8. The van der Waals surface area contributed by atoms with Crippen molar-refractivity contribution in [1.82, 2.24) is 0 Å². The Hall–Kier alpha value is -0.640. The number of halogens is 3. The molecule has 2 rings (SSSR count). The molecule has 0 aliphatic carbocycles. The molecule has 1 heterocycles. The van der Waals surface area contributed by atoms with Gasteiger partial charge in [0, 0.05) is 11.1 Å². The van der Waals surface area contributed by atoms with E-state index < -0.39 is 0 Å². The standard InChI is InChI=1S/C13H11BrCl2O2/c1-2-17-12-7-9(15)8(6-10(12)16)13(14)11-4-3-5-18-11/h3-7,13H,2H2,1H3. The van der Waals surface area contributed by atoms with Gasteiger partial charge in [-0.05, 0) is 30.7 Å². The van der Waals surface area contributed by atoms with E-state index in [0.717, 1.165) is 11.3 Å². The Morgan fingerprint density at radius 3 is 2.72 bits per heavy atom. The Morgan fingerprint density at radius 2 is 2.11 bits per heavy atom. The highest BCUT2D eigenvalue weighted by Gasteiger charge is 2.18. The fourth-order valence-corrected chi connectivity index (χ4v) is 2.85. The zero-order valence-corrected chi connectivity index (χ0v) is 12.7. The molecule has 18 heavy (non-hydrogen) atoms. The van der Waals surface area contributed by atoms with Crippen molar-refractivity contribution >= 4 is 39.1 Å².